The Balaban J connectivity index is 1.64. The van der Waals surface area contributed by atoms with Crippen LogP contribution in [0.3, 0.4) is 0 Å². The van der Waals surface area contributed by atoms with Crippen LogP contribution in [0.1, 0.15) is 42.9 Å². The van der Waals surface area contributed by atoms with Crippen molar-refractivity contribution in [2.75, 3.05) is 0 Å². The molecule has 2 unspecified atom stereocenters. The van der Waals surface area contributed by atoms with E-state index in [1.54, 1.807) is 33.6 Å². The number of hydrogen-bond donors (Lipinski definition) is 0. The van der Waals surface area contributed by atoms with Crippen LogP contribution in [0.4, 0.5) is 0 Å². The molecule has 1 aromatic heterocycles. The first-order valence-corrected chi connectivity index (χ1v) is 9.87. The highest BCUT2D eigenvalue weighted by Crippen LogP contribution is 2.43. The van der Waals surface area contributed by atoms with E-state index in [2.05, 4.69) is 10.2 Å². The normalized spacial score (nSPS) is 27.5. The van der Waals surface area contributed by atoms with Crippen LogP contribution in [0.15, 0.2) is 35.5 Å². The number of benzene rings is 1. The zero-order valence-electron chi connectivity index (χ0n) is 14.0. The van der Waals surface area contributed by atoms with E-state index in [9.17, 15) is 8.42 Å². The van der Waals surface area contributed by atoms with E-state index < -0.39 is 10.0 Å². The van der Waals surface area contributed by atoms with Crippen LogP contribution >= 0.6 is 0 Å². The van der Waals surface area contributed by atoms with E-state index in [1.807, 2.05) is 19.9 Å². The number of aromatic nitrogens is 3. The fourth-order valence-corrected chi connectivity index (χ4v) is 6.07. The van der Waals surface area contributed by atoms with E-state index >= 15 is 0 Å². The van der Waals surface area contributed by atoms with Crippen molar-refractivity contribution >= 4 is 10.0 Å². The molecule has 24 heavy (non-hydrogen) atoms. The molecule has 2 aliphatic rings. The lowest BCUT2D eigenvalue weighted by molar-refractivity contribution is 0.174. The molecule has 0 aliphatic carbocycles. The lowest BCUT2D eigenvalue weighted by Gasteiger charge is -2.37. The fraction of sp³-hybridized carbons (Fsp3) is 0.529. The molecule has 0 spiro atoms. The van der Waals surface area contributed by atoms with E-state index in [0.29, 0.717) is 4.90 Å². The summed E-state index contributed by atoms with van der Waals surface area (Å²) in [6.07, 6.45) is 6.78. The van der Waals surface area contributed by atoms with Crippen LogP contribution in [0, 0.1) is 13.8 Å². The molecule has 0 amide bonds. The monoisotopic (exact) mass is 346 g/mol. The predicted octanol–water partition coefficient (Wildman–Crippen LogP) is 2.45. The van der Waals surface area contributed by atoms with Gasteiger partial charge in [0, 0.05) is 12.1 Å². The van der Waals surface area contributed by atoms with Crippen LogP contribution < -0.4 is 0 Å². The zero-order chi connectivity index (χ0) is 16.9. The molecule has 3 heterocycles. The van der Waals surface area contributed by atoms with Gasteiger partial charge in [0.05, 0.1) is 23.3 Å². The van der Waals surface area contributed by atoms with Crippen LogP contribution in [0.5, 0.6) is 0 Å². The van der Waals surface area contributed by atoms with E-state index in [-0.39, 0.29) is 18.1 Å². The van der Waals surface area contributed by atoms with Gasteiger partial charge in [-0.05, 0) is 62.8 Å². The third-order valence-corrected chi connectivity index (χ3v) is 7.46. The number of nitrogens with zero attached hydrogens (tertiary/aromatic N) is 4. The molecule has 4 rings (SSSR count). The van der Waals surface area contributed by atoms with Crippen LogP contribution in [-0.4, -0.2) is 39.8 Å². The first kappa shape index (κ1) is 15.8. The van der Waals surface area contributed by atoms with Crippen molar-refractivity contribution in [3.63, 3.8) is 0 Å². The largest absolute Gasteiger partial charge is 0.243 e. The Hall–Kier alpha value is -1.73. The Morgan fingerprint density at radius 1 is 0.958 bits per heavy atom. The molecule has 0 N–H and O–H groups in total. The summed E-state index contributed by atoms with van der Waals surface area (Å²) >= 11 is 0. The van der Waals surface area contributed by atoms with E-state index in [4.69, 9.17) is 0 Å². The molecule has 6 nitrogen and oxygen atoms in total. The summed E-state index contributed by atoms with van der Waals surface area (Å²) in [5.41, 5.74) is 2.12. The summed E-state index contributed by atoms with van der Waals surface area (Å²) in [7, 11) is -3.45. The molecular formula is C17H22N4O2S. The number of sulfonamides is 1. The smallest absolute Gasteiger partial charge is 0.207 e. The van der Waals surface area contributed by atoms with Crippen LogP contribution in [0.25, 0.3) is 0 Å². The van der Waals surface area contributed by atoms with Gasteiger partial charge in [-0.15, -0.1) is 0 Å². The molecule has 2 saturated heterocycles. The average molecular weight is 346 g/mol. The Morgan fingerprint density at radius 3 is 2.17 bits per heavy atom. The van der Waals surface area contributed by atoms with Crippen molar-refractivity contribution in [3.8, 4) is 0 Å². The lowest BCUT2D eigenvalue weighted by atomic mass is 10.0. The Labute approximate surface area is 142 Å². The van der Waals surface area contributed by atoms with Gasteiger partial charge in [-0.1, -0.05) is 6.07 Å². The SMILES string of the molecule is Cc1ccc(S(=O)(=O)N2C3CCC2CC(n2nccn2)C3)cc1C. The summed E-state index contributed by atoms with van der Waals surface area (Å²) in [6.45, 7) is 3.95. The number of piperidine rings is 1. The van der Waals surface area contributed by atoms with Crippen molar-refractivity contribution < 1.29 is 8.42 Å². The second-order valence-corrected chi connectivity index (χ2v) is 8.78. The molecule has 0 saturated carbocycles. The van der Waals surface area contributed by atoms with Gasteiger partial charge in [-0.25, -0.2) is 8.42 Å². The summed E-state index contributed by atoms with van der Waals surface area (Å²) in [5.74, 6) is 0. The van der Waals surface area contributed by atoms with Crippen molar-refractivity contribution in [2.24, 2.45) is 0 Å². The first-order chi connectivity index (χ1) is 11.5. The highest BCUT2D eigenvalue weighted by molar-refractivity contribution is 7.89. The fourth-order valence-electron chi connectivity index (χ4n) is 4.10. The van der Waals surface area contributed by atoms with Crippen molar-refractivity contribution in [1.29, 1.82) is 0 Å². The number of rotatable bonds is 3. The van der Waals surface area contributed by atoms with E-state index in [1.165, 1.54) is 0 Å². The number of hydrogen-bond acceptors (Lipinski definition) is 4. The molecule has 2 aliphatic heterocycles. The van der Waals surface area contributed by atoms with Gasteiger partial charge in [0.2, 0.25) is 10.0 Å². The van der Waals surface area contributed by atoms with Gasteiger partial charge >= 0.3 is 0 Å². The second kappa shape index (κ2) is 5.67. The standard InChI is InChI=1S/C17H22N4O2S/c1-12-3-6-17(9-13(12)2)24(22,23)20-14-4-5-15(20)11-16(10-14)21-18-7-8-19-21/h3,6-9,14-16H,4-5,10-11H2,1-2H3. The third-order valence-electron chi connectivity index (χ3n) is 5.46. The maximum atomic E-state index is 13.2. The van der Waals surface area contributed by atoms with Gasteiger partial charge in [-0.2, -0.15) is 19.3 Å². The molecular weight excluding hydrogens is 324 g/mol. The second-order valence-electron chi connectivity index (χ2n) is 6.94. The van der Waals surface area contributed by atoms with Gasteiger partial charge in [0.15, 0.2) is 0 Å². The van der Waals surface area contributed by atoms with Gasteiger partial charge in [0.25, 0.3) is 0 Å². The van der Waals surface area contributed by atoms with Gasteiger partial charge in [0.1, 0.15) is 0 Å². The minimum Gasteiger partial charge on any atom is -0.207 e. The molecule has 2 aromatic rings. The molecule has 2 fully saturated rings. The minimum atomic E-state index is -3.45. The van der Waals surface area contributed by atoms with E-state index in [0.717, 1.165) is 36.8 Å². The van der Waals surface area contributed by atoms with Crippen molar-refractivity contribution in [3.05, 3.63) is 41.7 Å². The van der Waals surface area contributed by atoms with Crippen LogP contribution in [0.2, 0.25) is 0 Å². The Bertz CT molecular complexity index is 833. The average Bonchev–Trinajstić information content (AvgIpc) is 3.17. The first-order valence-electron chi connectivity index (χ1n) is 8.43. The third kappa shape index (κ3) is 2.46. The van der Waals surface area contributed by atoms with Crippen molar-refractivity contribution in [1.82, 2.24) is 19.3 Å². The lowest BCUT2D eigenvalue weighted by Crippen LogP contribution is -2.47. The molecule has 2 atom stereocenters. The summed E-state index contributed by atoms with van der Waals surface area (Å²) < 4.78 is 28.1. The van der Waals surface area contributed by atoms with Crippen LogP contribution in [-0.2, 0) is 10.0 Å². The van der Waals surface area contributed by atoms with Gasteiger partial charge < -0.3 is 0 Å². The molecule has 7 heteroatoms. The zero-order valence-corrected chi connectivity index (χ0v) is 14.8. The highest BCUT2D eigenvalue weighted by atomic mass is 32.2. The maximum Gasteiger partial charge on any atom is 0.243 e. The van der Waals surface area contributed by atoms with Gasteiger partial charge in [-0.3, -0.25) is 0 Å². The Kier molecular flexibility index (Phi) is 3.73. The Morgan fingerprint density at radius 2 is 1.58 bits per heavy atom. The van der Waals surface area contributed by atoms with Crippen molar-refractivity contribution in [2.45, 2.75) is 62.6 Å². The summed E-state index contributed by atoms with van der Waals surface area (Å²) in [5, 5.41) is 8.48. The quantitative estimate of drug-likeness (QED) is 0.856. The molecule has 128 valence electrons. The number of aryl methyl sites for hydroxylation is 2. The highest BCUT2D eigenvalue weighted by Gasteiger charge is 2.48. The maximum absolute atomic E-state index is 13.2. The topological polar surface area (TPSA) is 68.1 Å². The molecule has 1 aromatic carbocycles. The predicted molar refractivity (Wildman–Crippen MR) is 90.0 cm³/mol. The summed E-state index contributed by atoms with van der Waals surface area (Å²) in [6, 6.07) is 5.72. The molecule has 2 bridgehead atoms. The molecule has 0 radical (unpaired) electrons. The minimum absolute atomic E-state index is 0.0476. The number of fused-ring (bicyclic) bond motifs is 2. The summed E-state index contributed by atoms with van der Waals surface area (Å²) in [4.78, 5) is 2.16.